The largest absolute Gasteiger partial charge is 0.490 e. The third-order valence-electron chi connectivity index (χ3n) is 3.53. The molecule has 1 N–H and O–H groups in total. The highest BCUT2D eigenvalue weighted by Crippen LogP contribution is 2.33. The van der Waals surface area contributed by atoms with Crippen LogP contribution in [0, 0.1) is 0 Å². The maximum Gasteiger partial charge on any atom is 0.273 e. The summed E-state index contributed by atoms with van der Waals surface area (Å²) in [7, 11) is 0. The molecule has 22 heavy (non-hydrogen) atoms. The van der Waals surface area contributed by atoms with E-state index in [1.807, 2.05) is 0 Å². The summed E-state index contributed by atoms with van der Waals surface area (Å²) in [5.74, 6) is 0.216. The number of ether oxygens (including phenoxy) is 1. The lowest BCUT2D eigenvalue weighted by atomic mass is 10.0. The second kappa shape index (κ2) is 4.96. The predicted octanol–water partition coefficient (Wildman–Crippen LogP) is 2.61. The summed E-state index contributed by atoms with van der Waals surface area (Å²) in [5.41, 5.74) is 1.52. The minimum atomic E-state index is -0.265. The smallest absolute Gasteiger partial charge is 0.273 e. The number of benzene rings is 1. The molecule has 110 valence electrons. The number of imidazole rings is 1. The number of ketones is 1. The SMILES string of the molecule is O=C1CCOc2c(NC(=O)c3csc4cncn34)cccc21. The Labute approximate surface area is 129 Å². The topological polar surface area (TPSA) is 72.7 Å². The maximum atomic E-state index is 12.5. The van der Waals surface area contributed by atoms with E-state index in [0.717, 1.165) is 4.83 Å². The fraction of sp³-hybridized carbons (Fsp3) is 0.133. The average Bonchev–Trinajstić information content (AvgIpc) is 3.11. The van der Waals surface area contributed by atoms with Crippen LogP contribution < -0.4 is 10.1 Å². The van der Waals surface area contributed by atoms with Gasteiger partial charge in [0, 0.05) is 11.8 Å². The number of nitrogens with zero attached hydrogens (tertiary/aromatic N) is 2. The number of carbonyl (C=O) groups is 2. The Morgan fingerprint density at radius 3 is 3.23 bits per heavy atom. The third kappa shape index (κ3) is 1.98. The van der Waals surface area contributed by atoms with Gasteiger partial charge < -0.3 is 10.1 Å². The van der Waals surface area contributed by atoms with Crippen molar-refractivity contribution >= 4 is 33.5 Å². The van der Waals surface area contributed by atoms with Crippen LogP contribution in [0.15, 0.2) is 36.1 Å². The molecule has 0 spiro atoms. The van der Waals surface area contributed by atoms with Crippen molar-refractivity contribution in [2.24, 2.45) is 0 Å². The van der Waals surface area contributed by atoms with Crippen molar-refractivity contribution in [1.82, 2.24) is 9.38 Å². The summed E-state index contributed by atoms with van der Waals surface area (Å²) >= 11 is 1.44. The number of anilines is 1. The van der Waals surface area contributed by atoms with Crippen molar-refractivity contribution in [1.29, 1.82) is 0 Å². The summed E-state index contributed by atoms with van der Waals surface area (Å²) in [4.78, 5) is 29.3. The zero-order chi connectivity index (χ0) is 15.1. The molecule has 0 bridgehead atoms. The van der Waals surface area contributed by atoms with E-state index in [-0.39, 0.29) is 11.7 Å². The minimum absolute atomic E-state index is 0.0323. The van der Waals surface area contributed by atoms with Gasteiger partial charge in [0.05, 0.1) is 24.1 Å². The molecule has 0 saturated carbocycles. The molecular formula is C15H11N3O3S. The van der Waals surface area contributed by atoms with Crippen molar-refractivity contribution in [3.8, 4) is 5.75 Å². The van der Waals surface area contributed by atoms with Crippen LogP contribution in [0.3, 0.4) is 0 Å². The van der Waals surface area contributed by atoms with Gasteiger partial charge in [0.15, 0.2) is 11.5 Å². The Morgan fingerprint density at radius 2 is 2.32 bits per heavy atom. The van der Waals surface area contributed by atoms with Gasteiger partial charge in [-0.05, 0) is 12.1 Å². The molecule has 1 aliphatic rings. The highest BCUT2D eigenvalue weighted by atomic mass is 32.1. The molecule has 3 heterocycles. The molecule has 3 aromatic rings. The Balaban J connectivity index is 1.69. The number of fused-ring (bicyclic) bond motifs is 2. The number of hydrogen-bond donors (Lipinski definition) is 1. The molecule has 6 nitrogen and oxygen atoms in total. The van der Waals surface area contributed by atoms with Crippen LogP contribution >= 0.6 is 11.3 Å². The van der Waals surface area contributed by atoms with Crippen LogP contribution in [0.25, 0.3) is 4.83 Å². The van der Waals surface area contributed by atoms with Gasteiger partial charge >= 0.3 is 0 Å². The van der Waals surface area contributed by atoms with Gasteiger partial charge in [-0.2, -0.15) is 0 Å². The van der Waals surface area contributed by atoms with Crippen LogP contribution in [-0.2, 0) is 0 Å². The first-order valence-corrected chi connectivity index (χ1v) is 7.62. The van der Waals surface area contributed by atoms with Gasteiger partial charge in [0.25, 0.3) is 5.91 Å². The minimum Gasteiger partial charge on any atom is -0.490 e. The first kappa shape index (κ1) is 13.0. The lowest BCUT2D eigenvalue weighted by molar-refractivity contribution is 0.0931. The van der Waals surface area contributed by atoms with Crippen molar-refractivity contribution in [3.63, 3.8) is 0 Å². The van der Waals surface area contributed by atoms with Crippen LogP contribution in [0.5, 0.6) is 5.75 Å². The van der Waals surface area contributed by atoms with E-state index >= 15 is 0 Å². The number of aromatic nitrogens is 2. The van der Waals surface area contributed by atoms with Gasteiger partial charge in [-0.1, -0.05) is 6.07 Å². The Bertz CT molecular complexity index is 896. The quantitative estimate of drug-likeness (QED) is 0.789. The zero-order valence-corrected chi connectivity index (χ0v) is 12.2. The van der Waals surface area contributed by atoms with Gasteiger partial charge in [-0.15, -0.1) is 11.3 Å². The van der Waals surface area contributed by atoms with E-state index in [1.54, 1.807) is 40.5 Å². The second-order valence-corrected chi connectivity index (χ2v) is 5.77. The molecule has 0 fully saturated rings. The van der Waals surface area contributed by atoms with Crippen molar-refractivity contribution < 1.29 is 14.3 Å². The fourth-order valence-corrected chi connectivity index (χ4v) is 3.30. The number of amides is 1. The lowest BCUT2D eigenvalue weighted by Gasteiger charge is -2.19. The Morgan fingerprint density at radius 1 is 1.41 bits per heavy atom. The van der Waals surface area contributed by atoms with Crippen LogP contribution in [0.4, 0.5) is 5.69 Å². The van der Waals surface area contributed by atoms with E-state index in [2.05, 4.69) is 10.3 Å². The summed E-state index contributed by atoms with van der Waals surface area (Å²) in [6, 6.07) is 5.18. The monoisotopic (exact) mass is 313 g/mol. The average molecular weight is 313 g/mol. The molecular weight excluding hydrogens is 302 g/mol. The van der Waals surface area contributed by atoms with E-state index < -0.39 is 0 Å². The molecule has 0 aliphatic carbocycles. The zero-order valence-electron chi connectivity index (χ0n) is 11.4. The van der Waals surface area contributed by atoms with Crippen LogP contribution in [0.2, 0.25) is 0 Å². The van der Waals surface area contributed by atoms with Crippen LogP contribution in [-0.4, -0.2) is 27.7 Å². The highest BCUT2D eigenvalue weighted by Gasteiger charge is 2.22. The molecule has 4 rings (SSSR count). The van der Waals surface area contributed by atoms with Crippen molar-refractivity contribution in [2.45, 2.75) is 6.42 Å². The number of Topliss-reactive ketones (excluding diaryl/α,β-unsaturated/α-hetero) is 1. The van der Waals surface area contributed by atoms with Gasteiger partial charge in [-0.25, -0.2) is 4.98 Å². The summed E-state index contributed by atoms with van der Waals surface area (Å²) < 4.78 is 7.29. The molecule has 0 saturated heterocycles. The third-order valence-corrected chi connectivity index (χ3v) is 4.41. The van der Waals surface area contributed by atoms with Crippen LogP contribution in [0.1, 0.15) is 27.3 Å². The van der Waals surface area contributed by atoms with Crippen molar-refractivity contribution in [2.75, 3.05) is 11.9 Å². The summed E-state index contributed by atoms with van der Waals surface area (Å²) in [5, 5.41) is 4.59. The Hall–Kier alpha value is -2.67. The van der Waals surface area contributed by atoms with E-state index in [4.69, 9.17) is 4.74 Å². The van der Waals surface area contributed by atoms with Gasteiger partial charge in [0.2, 0.25) is 0 Å². The number of rotatable bonds is 2. The molecule has 7 heteroatoms. The summed E-state index contributed by atoms with van der Waals surface area (Å²) in [6.45, 7) is 0.336. The standard InChI is InChI=1S/C15H11N3O3S/c19-12-4-5-21-14-9(12)2-1-3-10(14)17-15(20)11-7-22-13-6-16-8-18(11)13/h1-3,6-8H,4-5H2,(H,17,20). The first-order chi connectivity index (χ1) is 10.7. The number of para-hydroxylation sites is 1. The fourth-order valence-electron chi connectivity index (χ4n) is 2.46. The highest BCUT2D eigenvalue weighted by molar-refractivity contribution is 7.15. The molecule has 0 unspecified atom stereocenters. The van der Waals surface area contributed by atoms with E-state index in [0.29, 0.717) is 35.7 Å². The maximum absolute atomic E-state index is 12.5. The Kier molecular flexibility index (Phi) is 2.93. The summed E-state index contributed by atoms with van der Waals surface area (Å²) in [6.07, 6.45) is 3.67. The number of carbonyl (C=O) groups excluding carboxylic acids is 2. The first-order valence-electron chi connectivity index (χ1n) is 6.74. The molecule has 2 aromatic heterocycles. The lowest BCUT2D eigenvalue weighted by Crippen LogP contribution is -2.19. The van der Waals surface area contributed by atoms with E-state index in [1.165, 1.54) is 11.3 Å². The van der Waals surface area contributed by atoms with E-state index in [9.17, 15) is 9.59 Å². The molecule has 0 radical (unpaired) electrons. The predicted molar refractivity (Wildman–Crippen MR) is 81.9 cm³/mol. The molecule has 1 aliphatic heterocycles. The van der Waals surface area contributed by atoms with Crippen molar-refractivity contribution in [3.05, 3.63) is 47.4 Å². The molecule has 1 aromatic carbocycles. The van der Waals surface area contributed by atoms with Gasteiger partial charge in [0.1, 0.15) is 16.9 Å². The van der Waals surface area contributed by atoms with Gasteiger partial charge in [-0.3, -0.25) is 14.0 Å². The normalized spacial score (nSPS) is 13.7. The number of thiazole rings is 1. The number of nitrogens with one attached hydrogen (secondary N) is 1. The number of hydrogen-bond acceptors (Lipinski definition) is 5. The second-order valence-electron chi connectivity index (χ2n) is 4.88. The molecule has 1 amide bonds. The molecule has 0 atom stereocenters.